The van der Waals surface area contributed by atoms with Crippen LogP contribution in [0, 0.1) is 11.8 Å². The predicted molar refractivity (Wildman–Crippen MR) is 125 cm³/mol. The lowest BCUT2D eigenvalue weighted by atomic mass is 9.69. The fourth-order valence-corrected chi connectivity index (χ4v) is 4.65. The topological polar surface area (TPSA) is 100 Å². The second-order valence-electron chi connectivity index (χ2n) is 8.77. The van der Waals surface area contributed by atoms with Gasteiger partial charge in [-0.15, -0.1) is 0 Å². The Labute approximate surface area is 200 Å². The van der Waals surface area contributed by atoms with Gasteiger partial charge in [0.25, 0.3) is 0 Å². The van der Waals surface area contributed by atoms with Gasteiger partial charge >= 0.3 is 11.9 Å². The van der Waals surface area contributed by atoms with Crippen LogP contribution in [0.2, 0.25) is 0 Å². The first-order chi connectivity index (χ1) is 16.2. The van der Waals surface area contributed by atoms with Crippen molar-refractivity contribution in [2.24, 2.45) is 11.8 Å². The van der Waals surface area contributed by atoms with E-state index in [0.717, 1.165) is 0 Å². The van der Waals surface area contributed by atoms with E-state index in [0.29, 0.717) is 52.4 Å². The summed E-state index contributed by atoms with van der Waals surface area (Å²) >= 11 is 0. The summed E-state index contributed by atoms with van der Waals surface area (Å²) in [4.78, 5) is 39.6. The van der Waals surface area contributed by atoms with Crippen molar-refractivity contribution in [2.75, 3.05) is 21.3 Å². The largest absolute Gasteiger partial charge is 0.493 e. The molecule has 8 heteroatoms. The average molecular weight is 472 g/mol. The van der Waals surface area contributed by atoms with Gasteiger partial charge in [-0.2, -0.15) is 0 Å². The molecule has 2 aliphatic rings. The van der Waals surface area contributed by atoms with Crippen LogP contribution >= 0.6 is 0 Å². The van der Waals surface area contributed by atoms with Crippen LogP contribution in [0.25, 0.3) is 0 Å². The highest BCUT2D eigenvalue weighted by molar-refractivity contribution is 6.12. The number of carbonyl (C=O) groups is 3. The number of ketones is 1. The lowest BCUT2D eigenvalue weighted by Gasteiger charge is -2.38. The Morgan fingerprint density at radius 1 is 1.15 bits per heavy atom. The third-order valence-electron chi connectivity index (χ3n) is 6.59. The molecule has 0 aromatic heterocycles. The quantitative estimate of drug-likeness (QED) is 0.475. The van der Waals surface area contributed by atoms with E-state index in [1.165, 1.54) is 21.3 Å². The van der Waals surface area contributed by atoms with Gasteiger partial charge in [0.1, 0.15) is 5.92 Å². The number of rotatable bonds is 7. The van der Waals surface area contributed by atoms with Crippen LogP contribution in [0.4, 0.5) is 0 Å². The lowest BCUT2D eigenvalue weighted by Crippen LogP contribution is -2.43. The summed E-state index contributed by atoms with van der Waals surface area (Å²) in [6.45, 7) is 7.40. The monoisotopic (exact) mass is 471 g/mol. The average Bonchev–Trinajstić information content (AvgIpc) is 2.82. The standard InChI is InChI=1S/C26H33NO7/c1-8-14(3)34-26(30)21-15(4)27-17-11-13(2)20(25(29)33-7)24(28)23(17)22(21)16-9-10-18(31-5)19(12-16)32-6/h9-10,12-14,20,22,27H,8,11H2,1-7H3/t13-,14-,20-,22+/m0/s1. The zero-order valence-corrected chi connectivity index (χ0v) is 20.8. The van der Waals surface area contributed by atoms with Crippen LogP contribution < -0.4 is 14.8 Å². The maximum Gasteiger partial charge on any atom is 0.337 e. The van der Waals surface area contributed by atoms with E-state index >= 15 is 0 Å². The molecular weight excluding hydrogens is 438 g/mol. The number of Topliss-reactive ketones (excluding diaryl/α,β-unsaturated/α-hetero) is 1. The molecule has 8 nitrogen and oxygen atoms in total. The van der Waals surface area contributed by atoms with Crippen LogP contribution in [0.15, 0.2) is 40.7 Å². The van der Waals surface area contributed by atoms with E-state index in [-0.39, 0.29) is 17.8 Å². The molecule has 0 unspecified atom stereocenters. The fourth-order valence-electron chi connectivity index (χ4n) is 4.65. The van der Waals surface area contributed by atoms with E-state index in [1.54, 1.807) is 25.1 Å². The molecule has 0 saturated heterocycles. The molecule has 184 valence electrons. The minimum Gasteiger partial charge on any atom is -0.493 e. The van der Waals surface area contributed by atoms with Crippen molar-refractivity contribution >= 4 is 17.7 Å². The van der Waals surface area contributed by atoms with Crippen molar-refractivity contribution < 1.29 is 33.3 Å². The zero-order valence-electron chi connectivity index (χ0n) is 20.8. The van der Waals surface area contributed by atoms with Gasteiger partial charge in [0.15, 0.2) is 17.3 Å². The van der Waals surface area contributed by atoms with E-state index in [4.69, 9.17) is 18.9 Å². The zero-order chi connectivity index (χ0) is 25.2. The van der Waals surface area contributed by atoms with E-state index in [1.807, 2.05) is 20.8 Å². The summed E-state index contributed by atoms with van der Waals surface area (Å²) in [6, 6.07) is 5.28. The Balaban J connectivity index is 2.21. The van der Waals surface area contributed by atoms with E-state index in [9.17, 15) is 14.4 Å². The molecule has 1 aliphatic heterocycles. The maximum atomic E-state index is 13.8. The second kappa shape index (κ2) is 10.3. The maximum absolute atomic E-state index is 13.8. The molecule has 0 bridgehead atoms. The van der Waals surface area contributed by atoms with Gasteiger partial charge < -0.3 is 24.3 Å². The number of allylic oxidation sites excluding steroid dienone is 3. The summed E-state index contributed by atoms with van der Waals surface area (Å²) in [7, 11) is 4.33. The van der Waals surface area contributed by atoms with Gasteiger partial charge in [-0.25, -0.2) is 4.79 Å². The van der Waals surface area contributed by atoms with Crippen molar-refractivity contribution in [2.45, 2.75) is 52.6 Å². The van der Waals surface area contributed by atoms with Crippen LogP contribution in [0.5, 0.6) is 11.5 Å². The second-order valence-corrected chi connectivity index (χ2v) is 8.77. The summed E-state index contributed by atoms with van der Waals surface area (Å²) in [6.07, 6.45) is 0.830. The van der Waals surface area contributed by atoms with Crippen LogP contribution in [-0.4, -0.2) is 45.2 Å². The summed E-state index contributed by atoms with van der Waals surface area (Å²) in [5.74, 6) is -2.38. The van der Waals surface area contributed by atoms with Gasteiger partial charge in [-0.05, 0) is 50.3 Å². The van der Waals surface area contributed by atoms with Crippen LogP contribution in [0.1, 0.15) is 52.0 Å². The highest BCUT2D eigenvalue weighted by Crippen LogP contribution is 2.46. The minimum atomic E-state index is -0.946. The normalized spacial score (nSPS) is 23.0. The highest BCUT2D eigenvalue weighted by atomic mass is 16.5. The number of dihydropyridines is 1. The number of nitrogens with one attached hydrogen (secondary N) is 1. The Morgan fingerprint density at radius 2 is 1.82 bits per heavy atom. The van der Waals surface area contributed by atoms with Crippen molar-refractivity contribution in [3.05, 3.63) is 46.3 Å². The third-order valence-corrected chi connectivity index (χ3v) is 6.59. The van der Waals surface area contributed by atoms with E-state index < -0.39 is 23.8 Å². The Morgan fingerprint density at radius 3 is 2.41 bits per heavy atom. The molecule has 0 fully saturated rings. The molecule has 0 amide bonds. The molecule has 0 saturated carbocycles. The van der Waals surface area contributed by atoms with Crippen molar-refractivity contribution in [3.63, 3.8) is 0 Å². The molecule has 1 aliphatic carbocycles. The molecule has 0 spiro atoms. The van der Waals surface area contributed by atoms with Gasteiger partial charge in [0.05, 0.1) is 33.0 Å². The Bertz CT molecular complexity index is 1060. The van der Waals surface area contributed by atoms with E-state index in [2.05, 4.69) is 5.32 Å². The van der Waals surface area contributed by atoms with Gasteiger partial charge in [0.2, 0.25) is 0 Å². The molecule has 4 atom stereocenters. The first-order valence-corrected chi connectivity index (χ1v) is 11.4. The third kappa shape index (κ3) is 4.54. The Kier molecular flexibility index (Phi) is 7.69. The van der Waals surface area contributed by atoms with Gasteiger partial charge in [0, 0.05) is 22.9 Å². The lowest BCUT2D eigenvalue weighted by molar-refractivity contribution is -0.151. The smallest absolute Gasteiger partial charge is 0.337 e. The van der Waals surface area contributed by atoms with Gasteiger partial charge in [-0.1, -0.05) is 19.9 Å². The summed E-state index contributed by atoms with van der Waals surface area (Å²) < 4.78 is 21.5. The molecule has 3 rings (SSSR count). The molecule has 1 aromatic carbocycles. The fraction of sp³-hybridized carbons (Fsp3) is 0.500. The number of hydrogen-bond donors (Lipinski definition) is 1. The number of benzene rings is 1. The Hall–Kier alpha value is -3.29. The molecule has 0 radical (unpaired) electrons. The number of carbonyl (C=O) groups excluding carboxylic acids is 3. The van der Waals surface area contributed by atoms with Crippen molar-refractivity contribution in [1.82, 2.24) is 5.32 Å². The molecule has 1 heterocycles. The van der Waals surface area contributed by atoms with Crippen LogP contribution in [0.3, 0.4) is 0 Å². The molecule has 1 aromatic rings. The SMILES string of the molecule is CC[C@H](C)OC(=O)C1=C(C)NC2=C(C(=O)[C@@H](C(=O)OC)[C@@H](C)C2)[C@@H]1c1ccc(OC)c(OC)c1. The first kappa shape index (κ1) is 25.3. The number of ether oxygens (including phenoxy) is 4. The summed E-state index contributed by atoms with van der Waals surface area (Å²) in [5.41, 5.74) is 2.69. The van der Waals surface area contributed by atoms with Crippen molar-refractivity contribution in [1.29, 1.82) is 0 Å². The first-order valence-electron chi connectivity index (χ1n) is 11.4. The van der Waals surface area contributed by atoms with Crippen LogP contribution in [-0.2, 0) is 23.9 Å². The molecule has 1 N–H and O–H groups in total. The van der Waals surface area contributed by atoms with Gasteiger partial charge in [-0.3, -0.25) is 9.59 Å². The number of hydrogen-bond acceptors (Lipinski definition) is 8. The predicted octanol–water partition coefficient (Wildman–Crippen LogP) is 3.66. The minimum absolute atomic E-state index is 0.251. The molecule has 34 heavy (non-hydrogen) atoms. The van der Waals surface area contributed by atoms with Crippen molar-refractivity contribution in [3.8, 4) is 11.5 Å². The summed E-state index contributed by atoms with van der Waals surface area (Å²) in [5, 5.41) is 3.26. The molecular formula is C26H33NO7. The number of esters is 2. The highest BCUT2D eigenvalue weighted by Gasteiger charge is 2.47. The number of methoxy groups -OCH3 is 3.